The molecule has 35 heavy (non-hydrogen) atoms. The Labute approximate surface area is 202 Å². The molecule has 0 amide bonds. The van der Waals surface area contributed by atoms with E-state index in [0.717, 1.165) is 53.7 Å². The molecule has 178 valence electrons. The minimum Gasteiger partial charge on any atom is -0.366 e. The highest BCUT2D eigenvalue weighted by molar-refractivity contribution is 5.80. The van der Waals surface area contributed by atoms with Crippen molar-refractivity contribution in [2.24, 2.45) is 0 Å². The van der Waals surface area contributed by atoms with Crippen LogP contribution in [0.4, 0.5) is 24.5 Å². The van der Waals surface area contributed by atoms with Gasteiger partial charge in [-0.1, -0.05) is 42.5 Å². The van der Waals surface area contributed by atoms with Gasteiger partial charge in [0.25, 0.3) is 0 Å². The summed E-state index contributed by atoms with van der Waals surface area (Å²) in [5, 5.41) is 1.11. The maximum atomic E-state index is 13.1. The third-order valence-corrected chi connectivity index (χ3v) is 7.25. The maximum absolute atomic E-state index is 13.1. The number of anilines is 2. The molecular formula is C29H26F3N3. The summed E-state index contributed by atoms with van der Waals surface area (Å²) in [6, 6.07) is 24.8. The number of aromatic nitrogens is 1. The molecule has 3 nitrogen and oxygen atoms in total. The third kappa shape index (κ3) is 4.22. The lowest BCUT2D eigenvalue weighted by atomic mass is 10.0. The molecule has 0 N–H and O–H groups in total. The van der Waals surface area contributed by atoms with E-state index in [1.54, 1.807) is 12.1 Å². The number of alkyl halides is 3. The van der Waals surface area contributed by atoms with Crippen molar-refractivity contribution in [1.82, 2.24) is 4.98 Å². The lowest BCUT2D eigenvalue weighted by Gasteiger charge is -2.32. The van der Waals surface area contributed by atoms with Crippen molar-refractivity contribution in [2.45, 2.75) is 44.6 Å². The van der Waals surface area contributed by atoms with Gasteiger partial charge in [-0.3, -0.25) is 4.98 Å². The number of para-hydroxylation sites is 3. The maximum Gasteiger partial charge on any atom is 0.416 e. The summed E-state index contributed by atoms with van der Waals surface area (Å²) >= 11 is 0. The van der Waals surface area contributed by atoms with E-state index in [4.69, 9.17) is 4.98 Å². The van der Waals surface area contributed by atoms with Crippen LogP contribution in [0, 0.1) is 0 Å². The molecule has 4 aromatic rings. The number of hydrogen-bond donors (Lipinski definition) is 0. The van der Waals surface area contributed by atoms with Crippen LogP contribution in [0.1, 0.15) is 35.2 Å². The van der Waals surface area contributed by atoms with E-state index in [0.29, 0.717) is 19.1 Å². The van der Waals surface area contributed by atoms with Crippen LogP contribution in [0.25, 0.3) is 10.9 Å². The Balaban J connectivity index is 1.46. The Morgan fingerprint density at radius 2 is 1.63 bits per heavy atom. The van der Waals surface area contributed by atoms with Crippen molar-refractivity contribution in [3.8, 4) is 0 Å². The average molecular weight is 474 g/mol. The topological polar surface area (TPSA) is 19.4 Å². The third-order valence-electron chi connectivity index (χ3n) is 7.25. The van der Waals surface area contributed by atoms with Gasteiger partial charge < -0.3 is 9.80 Å². The standard InChI is InChI=1S/C29H26F3N3/c30-29(31,32)23-13-11-20(12-14-23)18-34-19-22-16-21-6-1-2-8-25(21)33-26(22)17-24-7-5-15-35(24)28-10-4-3-9-27(28)34/h1-4,6,8-14,16,24H,5,7,15,17-19H2. The van der Waals surface area contributed by atoms with E-state index in [1.807, 2.05) is 18.2 Å². The number of fused-ring (bicyclic) bond motifs is 5. The summed E-state index contributed by atoms with van der Waals surface area (Å²) in [7, 11) is 0. The highest BCUT2D eigenvalue weighted by Gasteiger charge is 2.32. The largest absolute Gasteiger partial charge is 0.416 e. The first kappa shape index (κ1) is 22.0. The molecule has 0 radical (unpaired) electrons. The molecule has 2 aliphatic rings. The molecule has 1 saturated heterocycles. The molecule has 6 rings (SSSR count). The van der Waals surface area contributed by atoms with Gasteiger partial charge in [-0.15, -0.1) is 0 Å². The summed E-state index contributed by atoms with van der Waals surface area (Å²) in [4.78, 5) is 9.87. The van der Waals surface area contributed by atoms with Crippen LogP contribution < -0.4 is 9.80 Å². The molecule has 0 saturated carbocycles. The van der Waals surface area contributed by atoms with Crippen LogP contribution in [0.15, 0.2) is 78.9 Å². The van der Waals surface area contributed by atoms with Crippen LogP contribution in [0.3, 0.4) is 0 Å². The van der Waals surface area contributed by atoms with Gasteiger partial charge in [-0.05, 0) is 60.4 Å². The van der Waals surface area contributed by atoms with Crippen molar-refractivity contribution in [1.29, 1.82) is 0 Å². The molecule has 1 aromatic heterocycles. The molecule has 0 aliphatic carbocycles. The fourth-order valence-corrected chi connectivity index (χ4v) is 5.53. The highest BCUT2D eigenvalue weighted by Crippen LogP contribution is 2.39. The monoisotopic (exact) mass is 473 g/mol. The molecule has 2 aliphatic heterocycles. The zero-order chi connectivity index (χ0) is 24.0. The first-order chi connectivity index (χ1) is 17.0. The Morgan fingerprint density at radius 3 is 2.43 bits per heavy atom. The molecule has 3 heterocycles. The second kappa shape index (κ2) is 8.59. The Hall–Kier alpha value is -3.54. The van der Waals surface area contributed by atoms with Gasteiger partial charge in [0, 0.05) is 43.2 Å². The molecular weight excluding hydrogens is 447 g/mol. The minimum atomic E-state index is -4.33. The van der Waals surface area contributed by atoms with Gasteiger partial charge in [0.05, 0.1) is 22.5 Å². The first-order valence-corrected chi connectivity index (χ1v) is 12.1. The summed E-state index contributed by atoms with van der Waals surface area (Å²) in [5.41, 5.74) is 5.83. The number of pyridine rings is 1. The van der Waals surface area contributed by atoms with Crippen LogP contribution in [0.2, 0.25) is 0 Å². The summed E-state index contributed by atoms with van der Waals surface area (Å²) in [6.07, 6.45) is -1.18. The van der Waals surface area contributed by atoms with E-state index >= 15 is 0 Å². The van der Waals surface area contributed by atoms with Crippen molar-refractivity contribution < 1.29 is 13.2 Å². The van der Waals surface area contributed by atoms with E-state index in [9.17, 15) is 13.2 Å². The van der Waals surface area contributed by atoms with Gasteiger partial charge in [-0.2, -0.15) is 13.2 Å². The predicted octanol–water partition coefficient (Wildman–Crippen LogP) is 6.99. The fraction of sp³-hybridized carbons (Fsp3) is 0.276. The summed E-state index contributed by atoms with van der Waals surface area (Å²) < 4.78 is 39.3. The van der Waals surface area contributed by atoms with E-state index in [2.05, 4.69) is 46.2 Å². The summed E-state index contributed by atoms with van der Waals surface area (Å²) in [6.45, 7) is 2.16. The Bertz CT molecular complexity index is 1360. The minimum absolute atomic E-state index is 0.384. The van der Waals surface area contributed by atoms with Gasteiger partial charge in [0.2, 0.25) is 0 Å². The second-order valence-electron chi connectivity index (χ2n) is 9.52. The smallest absolute Gasteiger partial charge is 0.366 e. The van der Waals surface area contributed by atoms with Crippen LogP contribution in [0.5, 0.6) is 0 Å². The predicted molar refractivity (Wildman–Crippen MR) is 134 cm³/mol. The van der Waals surface area contributed by atoms with Gasteiger partial charge >= 0.3 is 6.18 Å². The van der Waals surface area contributed by atoms with Crippen molar-refractivity contribution in [3.05, 3.63) is 101 Å². The number of rotatable bonds is 2. The van der Waals surface area contributed by atoms with Gasteiger partial charge in [-0.25, -0.2) is 0 Å². The number of benzene rings is 3. The van der Waals surface area contributed by atoms with Crippen molar-refractivity contribution in [3.63, 3.8) is 0 Å². The molecule has 0 spiro atoms. The molecule has 1 fully saturated rings. The number of halogens is 3. The van der Waals surface area contributed by atoms with Crippen molar-refractivity contribution >= 4 is 22.3 Å². The van der Waals surface area contributed by atoms with Gasteiger partial charge in [0.1, 0.15) is 0 Å². The lowest BCUT2D eigenvalue weighted by Crippen LogP contribution is -2.32. The van der Waals surface area contributed by atoms with E-state index in [1.165, 1.54) is 23.4 Å². The zero-order valence-corrected chi connectivity index (χ0v) is 19.3. The van der Waals surface area contributed by atoms with Crippen LogP contribution in [-0.4, -0.2) is 17.6 Å². The van der Waals surface area contributed by atoms with Crippen LogP contribution >= 0.6 is 0 Å². The van der Waals surface area contributed by atoms with E-state index in [-0.39, 0.29) is 0 Å². The van der Waals surface area contributed by atoms with Crippen LogP contribution in [-0.2, 0) is 25.7 Å². The van der Waals surface area contributed by atoms with E-state index < -0.39 is 11.7 Å². The zero-order valence-electron chi connectivity index (χ0n) is 19.3. The van der Waals surface area contributed by atoms with Gasteiger partial charge in [0.15, 0.2) is 0 Å². The quantitative estimate of drug-likeness (QED) is 0.313. The number of nitrogens with zero attached hydrogens (tertiary/aromatic N) is 3. The molecule has 3 aromatic carbocycles. The molecule has 1 atom stereocenters. The Kier molecular flexibility index (Phi) is 5.39. The Morgan fingerprint density at radius 1 is 0.886 bits per heavy atom. The number of hydrogen-bond acceptors (Lipinski definition) is 3. The SMILES string of the molecule is FC(F)(F)c1ccc(CN2Cc3cc4ccccc4nc3CC3CCCN3c3ccccc32)cc1. The average Bonchev–Trinajstić information content (AvgIpc) is 3.32. The highest BCUT2D eigenvalue weighted by atomic mass is 19.4. The molecule has 0 bridgehead atoms. The summed E-state index contributed by atoms with van der Waals surface area (Å²) in [5.74, 6) is 0. The second-order valence-corrected chi connectivity index (χ2v) is 9.52. The normalized spacial score (nSPS) is 17.9. The fourth-order valence-electron chi connectivity index (χ4n) is 5.53. The first-order valence-electron chi connectivity index (χ1n) is 12.1. The van der Waals surface area contributed by atoms with Crippen molar-refractivity contribution in [2.75, 3.05) is 16.3 Å². The molecule has 6 heteroatoms. The lowest BCUT2D eigenvalue weighted by molar-refractivity contribution is -0.137. The molecule has 1 unspecified atom stereocenters.